The van der Waals surface area contributed by atoms with Gasteiger partial charge in [0.25, 0.3) is 0 Å². The van der Waals surface area contributed by atoms with E-state index in [1.165, 1.54) is 60.8 Å². The molecule has 0 atom stereocenters. The van der Waals surface area contributed by atoms with Crippen LogP contribution in [0.5, 0.6) is 0 Å². The molecule has 18 aliphatic heterocycles. The summed E-state index contributed by atoms with van der Waals surface area (Å²) in [6, 6.07) is -14.2. The third-order valence-corrected chi connectivity index (χ3v) is 24.0. The summed E-state index contributed by atoms with van der Waals surface area (Å²) in [6.45, 7) is 19.9. The second-order valence-corrected chi connectivity index (χ2v) is 28.4. The van der Waals surface area contributed by atoms with Crippen molar-refractivity contribution in [3.63, 3.8) is 0 Å². The minimum absolute atomic E-state index is 0.566. The van der Waals surface area contributed by atoms with Crippen molar-refractivity contribution in [1.82, 2.24) is 118 Å². The van der Waals surface area contributed by atoms with Gasteiger partial charge >= 0.3 is 131 Å². The Morgan fingerprint density at radius 2 is 0.286 bits per heavy atom. The summed E-state index contributed by atoms with van der Waals surface area (Å²) in [4.78, 5) is 229. The average Bonchev–Trinajstić information content (AvgIpc) is 1.45. The Morgan fingerprint density at radius 3 is 0.384 bits per heavy atom. The van der Waals surface area contributed by atoms with Crippen LogP contribution in [-0.4, -0.2) is 407 Å². The van der Waals surface area contributed by atoms with Crippen molar-refractivity contribution >= 4 is 72.4 Å². The van der Waals surface area contributed by atoms with Crippen LogP contribution in [0.3, 0.4) is 0 Å². The molecule has 46 nitrogen and oxygen atoms in total. The Kier molecular flexibility index (Phi) is 14.5. The molecule has 18 rings (SSSR count). The summed E-state index contributed by atoms with van der Waals surface area (Å²) in [5, 5.41) is 0. The molecule has 24 amide bonds. The lowest BCUT2D eigenvalue weighted by Crippen LogP contribution is -2.80. The molecular weight excluding hydrogens is 1480 g/mol. The molecule has 18 aliphatic rings. The topological polar surface area (TPSA) is 375 Å². The van der Waals surface area contributed by atoms with Crippen LogP contribution in [-0.2, 0) is 47.4 Å². The van der Waals surface area contributed by atoms with Crippen molar-refractivity contribution in [3.05, 3.63) is 127 Å². The molecule has 0 spiro atoms. The molecule has 592 valence electrons. The largest absolute Gasteiger partial charge is 0.330 e. The smallest absolute Gasteiger partial charge is 0.328 e. The van der Waals surface area contributed by atoms with E-state index in [9.17, 15) is 0 Å². The first-order chi connectivity index (χ1) is 54.0. The first-order valence-electron chi connectivity index (χ1n) is 35.6. The van der Waals surface area contributed by atoms with Crippen molar-refractivity contribution in [1.29, 1.82) is 0 Å². The quantitative estimate of drug-likeness (QED) is 0.0829. The van der Waals surface area contributed by atoms with E-state index in [-0.39, 0.29) is 0 Å². The van der Waals surface area contributed by atoms with Crippen LogP contribution in [0.25, 0.3) is 0 Å². The molecule has 0 N–H and O–H groups in total. The molecule has 0 aliphatic carbocycles. The van der Waals surface area contributed by atoms with Crippen molar-refractivity contribution < 1.29 is 105 Å². The molecular formula is C66H76N24O22. The number of urea groups is 12. The van der Waals surface area contributed by atoms with Crippen LogP contribution in [0, 0.1) is 0 Å². The number of rotatable bonds is 30. The predicted octanol–water partition coefficient (Wildman–Crippen LogP) is -0.361. The molecule has 0 aromatic rings. The van der Waals surface area contributed by atoms with Crippen LogP contribution in [0.15, 0.2) is 127 Å². The maximum Gasteiger partial charge on any atom is 0.330 e. The maximum atomic E-state index is 17.4. The van der Waals surface area contributed by atoms with Gasteiger partial charge in [-0.15, -0.1) is 65.8 Å². The Balaban J connectivity index is 0.943. The van der Waals surface area contributed by atoms with Gasteiger partial charge in [-0.25, -0.2) is 57.5 Å². The molecule has 46 heteroatoms. The van der Waals surface area contributed by atoms with E-state index in [0.717, 1.165) is 118 Å². The van der Waals surface area contributed by atoms with E-state index < -0.39 is 289 Å². The van der Waals surface area contributed by atoms with E-state index in [1.807, 2.05) is 0 Å². The summed E-state index contributed by atoms with van der Waals surface area (Å²) in [5.41, 5.74) is 0. The number of hydrogen-bond acceptors (Lipinski definition) is 22. The Morgan fingerprint density at radius 1 is 0.188 bits per heavy atom. The molecule has 18 heterocycles. The lowest BCUT2D eigenvalue weighted by atomic mass is 10.1. The highest BCUT2D eigenvalue weighted by atomic mass is 16.7. The predicted molar refractivity (Wildman–Crippen MR) is 364 cm³/mol. The van der Waals surface area contributed by atoms with Crippen LogP contribution in [0.1, 0.15) is 0 Å². The van der Waals surface area contributed by atoms with Gasteiger partial charge < -0.3 is 47.4 Å². The SMILES string of the molecule is C=CCOC12N3CN4C(=O)N5CN6C(=O)N7CN8C(=O)N9CN%10C(=O)N%11CN%12C(=O)N%13CN(C3=O)C1(OCC=C)N1CN3C(=O)N(CN%14C(=O)N(CN%15C(=O)N(CN%16C(=O)N(CN%17C(=O)N(CN2C1=O)C4C5%17)C6(OCC=C)C7%16OCC=C)C8(OCC=C)C9%15OCC=C)C%10(OCC=C)C%11%14OCC=C)C%12(OCC=C)C%133OCC=C. The fraction of sp³-hybridized carbons (Fsp3) is 0.515. The lowest BCUT2D eigenvalue weighted by molar-refractivity contribution is -0.390. The van der Waals surface area contributed by atoms with E-state index >= 15 is 57.5 Å². The van der Waals surface area contributed by atoms with Gasteiger partial charge in [0.1, 0.15) is 80.0 Å². The first kappa shape index (κ1) is 70.6. The monoisotopic (exact) mass is 1560 g/mol. The highest BCUT2D eigenvalue weighted by molar-refractivity contribution is 5.97. The van der Waals surface area contributed by atoms with Crippen LogP contribution < -0.4 is 0 Å². The van der Waals surface area contributed by atoms with E-state index in [0.29, 0.717) is 0 Å². The van der Waals surface area contributed by atoms with Gasteiger partial charge in [-0.1, -0.05) is 60.8 Å². The molecule has 18 saturated heterocycles. The fourth-order valence-electron chi connectivity index (χ4n) is 20.5. The summed E-state index contributed by atoms with van der Waals surface area (Å²) in [5.74, 6) is -28.8. The van der Waals surface area contributed by atoms with Gasteiger partial charge in [0, 0.05) is 0 Å². The zero-order valence-corrected chi connectivity index (χ0v) is 60.3. The second-order valence-electron chi connectivity index (χ2n) is 28.4. The molecule has 0 aromatic heterocycles. The average molecular weight is 1560 g/mol. The van der Waals surface area contributed by atoms with E-state index in [2.05, 4.69) is 65.8 Å². The zero-order chi connectivity index (χ0) is 78.6. The van der Waals surface area contributed by atoms with Crippen LogP contribution in [0.4, 0.5) is 57.5 Å². The Hall–Kier alpha value is -11.8. The maximum absolute atomic E-state index is 17.4. The van der Waals surface area contributed by atoms with Crippen molar-refractivity contribution in [2.24, 2.45) is 0 Å². The third kappa shape index (κ3) is 6.89. The number of nitrogens with zero attached hydrogens (tertiary/aromatic N) is 24. The molecule has 0 radical (unpaired) electrons. The Bertz CT molecular complexity index is 4020. The van der Waals surface area contributed by atoms with E-state index in [4.69, 9.17) is 47.4 Å². The Labute approximate surface area is 636 Å². The molecule has 0 unspecified atom stereocenters. The van der Waals surface area contributed by atoms with Gasteiger partial charge in [-0.3, -0.25) is 118 Å². The van der Waals surface area contributed by atoms with Gasteiger partial charge in [0.15, 0.2) is 12.3 Å². The van der Waals surface area contributed by atoms with Crippen molar-refractivity contribution in [2.45, 2.75) is 70.8 Å². The third-order valence-electron chi connectivity index (χ3n) is 24.0. The summed E-state index contributed by atoms with van der Waals surface area (Å²) >= 11 is 0. The van der Waals surface area contributed by atoms with Gasteiger partial charge in [-0.2, -0.15) is 0 Å². The minimum atomic E-state index is -2.94. The number of ether oxygens (including phenoxy) is 10. The number of hydrogen-bond donors (Lipinski definition) is 0. The fourth-order valence-corrected chi connectivity index (χ4v) is 20.5. The van der Waals surface area contributed by atoms with Gasteiger partial charge in [-0.05, 0) is 0 Å². The summed E-state index contributed by atoms with van der Waals surface area (Å²) < 4.78 is 70.3. The number of amides is 24. The van der Waals surface area contributed by atoms with Crippen LogP contribution >= 0.6 is 0 Å². The molecule has 0 bridgehead atoms. The second kappa shape index (κ2) is 23.0. The molecule has 18 fully saturated rings. The van der Waals surface area contributed by atoms with Crippen LogP contribution in [0.2, 0.25) is 0 Å². The summed E-state index contributed by atoms with van der Waals surface area (Å²) in [7, 11) is 0. The highest BCUT2D eigenvalue weighted by Gasteiger charge is 2.96. The minimum Gasteiger partial charge on any atom is -0.328 e. The summed E-state index contributed by atoms with van der Waals surface area (Å²) in [6.07, 6.45) is 9.40. The zero-order valence-electron chi connectivity index (χ0n) is 60.3. The normalized spacial score (nSPS) is 36.5. The van der Waals surface area contributed by atoms with E-state index in [1.54, 1.807) is 0 Å². The molecule has 112 heavy (non-hydrogen) atoms. The van der Waals surface area contributed by atoms with Gasteiger partial charge in [0.05, 0.1) is 66.1 Å². The highest BCUT2D eigenvalue weighted by Crippen LogP contribution is 2.67. The lowest BCUT2D eigenvalue weighted by Gasteiger charge is -2.55. The van der Waals surface area contributed by atoms with Gasteiger partial charge in [0.2, 0.25) is 0 Å². The van der Waals surface area contributed by atoms with Crippen molar-refractivity contribution in [2.75, 3.05) is 146 Å². The first-order valence-corrected chi connectivity index (χ1v) is 35.6. The van der Waals surface area contributed by atoms with Crippen molar-refractivity contribution in [3.8, 4) is 0 Å². The molecule has 0 saturated carbocycles. The number of carbonyl (C=O) groups is 12. The standard InChI is InChI=1S/C66H76N24O22/c1-11-21-103-57-59(105-23-13-3)75-35-79-51(97)83-39-87-55(101)89-41-85-53(99)81-37-77-49(95)73-33-69-44-43(67(45(69)91)31-71(57)47(75)93)68-32-72(57)48(94)76(59)36-80-52(98)84(63(83,109-27-17-7)61(79,80)107-25-15-5)40-88-56(102)90(66(89,112-30-20-10)65(87,88)111-29-19-9)42-86-54(100)82(62(81,108-26-16-6)64(85,86)110-28-18-8)38-78-50(96)74(34-70(44)46(68)92)58(73,104-22-12-2)60(77,78)106-24-14-4/h11-20,43-44H,1-10,21-42H2. The number of carbonyl (C=O) groups excluding carboxylic acids is 12. The molecule has 0 aromatic carbocycles.